The Morgan fingerprint density at radius 3 is 2.74 bits per heavy atom. The molecule has 1 amide bonds. The van der Waals surface area contributed by atoms with Crippen molar-refractivity contribution in [3.63, 3.8) is 0 Å². The maximum atomic E-state index is 12.1. The van der Waals surface area contributed by atoms with Crippen molar-refractivity contribution in [3.05, 3.63) is 16.0 Å². The van der Waals surface area contributed by atoms with Crippen molar-refractivity contribution in [2.24, 2.45) is 5.92 Å². The summed E-state index contributed by atoms with van der Waals surface area (Å²) in [5.41, 5.74) is 1.41. The highest BCUT2D eigenvalue weighted by Crippen LogP contribution is 2.39. The summed E-state index contributed by atoms with van der Waals surface area (Å²) in [5.74, 6) is -0.783. The van der Waals surface area contributed by atoms with Crippen LogP contribution in [0.5, 0.6) is 0 Å². The molecule has 0 fully saturated rings. The van der Waals surface area contributed by atoms with Gasteiger partial charge in [-0.25, -0.2) is 4.79 Å². The molecule has 0 radical (unpaired) electrons. The van der Waals surface area contributed by atoms with Crippen LogP contribution in [-0.4, -0.2) is 31.6 Å². The summed E-state index contributed by atoms with van der Waals surface area (Å²) in [4.78, 5) is 36.3. The number of carbonyl (C=O) groups is 3. The van der Waals surface area contributed by atoms with Crippen molar-refractivity contribution in [1.82, 2.24) is 0 Å². The van der Waals surface area contributed by atoms with Crippen molar-refractivity contribution in [3.8, 4) is 0 Å². The number of rotatable bonds is 5. The Morgan fingerprint density at radius 1 is 1.35 bits per heavy atom. The fourth-order valence-electron chi connectivity index (χ4n) is 2.57. The van der Waals surface area contributed by atoms with Crippen molar-refractivity contribution in [2.45, 2.75) is 39.5 Å². The Bertz CT molecular complexity index is 622. The first-order chi connectivity index (χ1) is 11.0. The van der Waals surface area contributed by atoms with Crippen LogP contribution in [0, 0.1) is 5.92 Å². The number of amides is 1. The molecule has 7 heteroatoms. The van der Waals surface area contributed by atoms with Gasteiger partial charge in [0, 0.05) is 11.3 Å². The second kappa shape index (κ2) is 7.59. The highest BCUT2D eigenvalue weighted by Gasteiger charge is 2.28. The summed E-state index contributed by atoms with van der Waals surface area (Å²) >= 11 is 1.40. The summed E-state index contributed by atoms with van der Waals surface area (Å²) in [5, 5.41) is 3.16. The molecule has 0 spiro atoms. The smallest absolute Gasteiger partial charge is 0.341 e. The lowest BCUT2D eigenvalue weighted by molar-refractivity contribution is -0.146. The Labute approximate surface area is 139 Å². The summed E-state index contributed by atoms with van der Waals surface area (Å²) in [6.07, 6.45) is 2.92. The molecule has 23 heavy (non-hydrogen) atoms. The first-order valence-corrected chi connectivity index (χ1v) is 8.46. The van der Waals surface area contributed by atoms with Crippen LogP contribution >= 0.6 is 11.3 Å². The van der Waals surface area contributed by atoms with E-state index in [0.717, 1.165) is 29.7 Å². The molecule has 2 rings (SSSR count). The molecule has 1 atom stereocenters. The molecule has 0 unspecified atom stereocenters. The predicted molar refractivity (Wildman–Crippen MR) is 86.7 cm³/mol. The Kier molecular flexibility index (Phi) is 5.76. The maximum absolute atomic E-state index is 12.1. The second-order valence-electron chi connectivity index (χ2n) is 5.61. The quantitative estimate of drug-likeness (QED) is 0.834. The van der Waals surface area contributed by atoms with Gasteiger partial charge in [-0.05, 0) is 30.7 Å². The van der Waals surface area contributed by atoms with Crippen LogP contribution in [0.4, 0.5) is 5.00 Å². The van der Waals surface area contributed by atoms with Crippen LogP contribution < -0.4 is 5.32 Å². The SMILES string of the molecule is CCC(=O)OCC(=O)Nc1sc2c(c1C(=O)OC)CC[C@@H](C)C2. The van der Waals surface area contributed by atoms with Gasteiger partial charge in [0.25, 0.3) is 5.91 Å². The number of hydrogen-bond donors (Lipinski definition) is 1. The lowest BCUT2D eigenvalue weighted by Gasteiger charge is -2.18. The van der Waals surface area contributed by atoms with Crippen LogP contribution in [0.15, 0.2) is 0 Å². The summed E-state index contributed by atoms with van der Waals surface area (Å²) in [6.45, 7) is 3.47. The van der Waals surface area contributed by atoms with Gasteiger partial charge < -0.3 is 14.8 Å². The molecule has 1 heterocycles. The molecule has 0 saturated carbocycles. The Morgan fingerprint density at radius 2 is 2.09 bits per heavy atom. The summed E-state index contributed by atoms with van der Waals surface area (Å²) in [6, 6.07) is 0. The average Bonchev–Trinajstić information content (AvgIpc) is 2.88. The van der Waals surface area contributed by atoms with E-state index < -0.39 is 17.8 Å². The fraction of sp³-hybridized carbons (Fsp3) is 0.562. The maximum Gasteiger partial charge on any atom is 0.341 e. The number of carbonyl (C=O) groups excluding carboxylic acids is 3. The second-order valence-corrected chi connectivity index (χ2v) is 6.72. The molecule has 1 aliphatic carbocycles. The molecule has 1 N–H and O–H groups in total. The number of hydrogen-bond acceptors (Lipinski definition) is 6. The molecule has 0 aliphatic heterocycles. The van der Waals surface area contributed by atoms with Crippen molar-refractivity contribution in [2.75, 3.05) is 19.0 Å². The van der Waals surface area contributed by atoms with Gasteiger partial charge in [0.2, 0.25) is 0 Å². The standard InChI is InChI=1S/C16H21NO5S/c1-4-13(19)22-8-12(18)17-15-14(16(20)21-3)10-6-5-9(2)7-11(10)23-15/h9H,4-8H2,1-3H3,(H,17,18)/t9-/m1/s1. The van der Waals surface area contributed by atoms with Crippen LogP contribution in [0.3, 0.4) is 0 Å². The number of esters is 2. The van der Waals surface area contributed by atoms with Crippen molar-refractivity contribution >= 4 is 34.2 Å². The van der Waals surface area contributed by atoms with Crippen LogP contribution in [0.2, 0.25) is 0 Å². The first-order valence-electron chi connectivity index (χ1n) is 7.64. The van der Waals surface area contributed by atoms with Crippen molar-refractivity contribution in [1.29, 1.82) is 0 Å². The number of methoxy groups -OCH3 is 1. The third-order valence-electron chi connectivity index (χ3n) is 3.81. The Balaban J connectivity index is 2.19. The van der Waals surface area contributed by atoms with Gasteiger partial charge in [-0.3, -0.25) is 9.59 Å². The third-order valence-corrected chi connectivity index (χ3v) is 4.98. The average molecular weight is 339 g/mol. The van der Waals surface area contributed by atoms with Crippen molar-refractivity contribution < 1.29 is 23.9 Å². The van der Waals surface area contributed by atoms with Gasteiger partial charge in [-0.1, -0.05) is 13.8 Å². The minimum atomic E-state index is -0.455. The molecule has 0 aromatic carbocycles. The van der Waals surface area contributed by atoms with Gasteiger partial charge in [0.15, 0.2) is 6.61 Å². The molecule has 1 aromatic heterocycles. The fourth-order valence-corrected chi connectivity index (χ4v) is 3.98. The van der Waals surface area contributed by atoms with Gasteiger partial charge in [-0.2, -0.15) is 0 Å². The Hall–Kier alpha value is -1.89. The van der Waals surface area contributed by atoms with Gasteiger partial charge >= 0.3 is 11.9 Å². The lowest BCUT2D eigenvalue weighted by Crippen LogP contribution is -2.21. The molecule has 126 valence electrons. The van der Waals surface area contributed by atoms with Gasteiger partial charge in [0.05, 0.1) is 12.7 Å². The van der Waals surface area contributed by atoms with E-state index in [9.17, 15) is 14.4 Å². The highest BCUT2D eigenvalue weighted by molar-refractivity contribution is 7.17. The van der Waals surface area contributed by atoms with Crippen LogP contribution in [-0.2, 0) is 31.9 Å². The van der Waals surface area contributed by atoms with E-state index in [-0.39, 0.29) is 13.0 Å². The molecule has 1 aromatic rings. The number of ether oxygens (including phenoxy) is 2. The molecule has 6 nitrogen and oxygen atoms in total. The monoisotopic (exact) mass is 339 g/mol. The third kappa shape index (κ3) is 4.10. The molecule has 0 bridgehead atoms. The molecular formula is C16H21NO5S. The van der Waals surface area contributed by atoms with Gasteiger partial charge in [-0.15, -0.1) is 11.3 Å². The lowest BCUT2D eigenvalue weighted by atomic mass is 9.88. The van der Waals surface area contributed by atoms with E-state index in [1.807, 2.05) is 0 Å². The van der Waals surface area contributed by atoms with E-state index in [1.165, 1.54) is 18.4 Å². The summed E-state index contributed by atoms with van der Waals surface area (Å²) in [7, 11) is 1.33. The zero-order valence-electron chi connectivity index (χ0n) is 13.6. The van der Waals surface area contributed by atoms with Gasteiger partial charge in [0.1, 0.15) is 5.00 Å². The minimum Gasteiger partial charge on any atom is -0.465 e. The molecule has 0 saturated heterocycles. The predicted octanol–water partition coefficient (Wildman–Crippen LogP) is 2.55. The number of nitrogens with one attached hydrogen (secondary N) is 1. The van der Waals surface area contributed by atoms with E-state index in [0.29, 0.717) is 16.5 Å². The topological polar surface area (TPSA) is 81.7 Å². The number of anilines is 1. The zero-order valence-corrected chi connectivity index (χ0v) is 14.4. The molecule has 1 aliphatic rings. The first kappa shape index (κ1) is 17.5. The minimum absolute atomic E-state index is 0.214. The number of thiophene rings is 1. The normalized spacial score (nSPS) is 16.4. The number of fused-ring (bicyclic) bond motifs is 1. The highest BCUT2D eigenvalue weighted by atomic mass is 32.1. The largest absolute Gasteiger partial charge is 0.465 e. The zero-order chi connectivity index (χ0) is 17.0. The van der Waals surface area contributed by atoms with Crippen LogP contribution in [0.25, 0.3) is 0 Å². The van der Waals surface area contributed by atoms with E-state index in [4.69, 9.17) is 9.47 Å². The van der Waals surface area contributed by atoms with Crippen LogP contribution in [0.1, 0.15) is 47.5 Å². The van der Waals surface area contributed by atoms with E-state index in [1.54, 1.807) is 6.92 Å². The van der Waals surface area contributed by atoms with E-state index in [2.05, 4.69) is 12.2 Å². The summed E-state index contributed by atoms with van der Waals surface area (Å²) < 4.78 is 9.66. The van der Waals surface area contributed by atoms with E-state index >= 15 is 0 Å². The molecular weight excluding hydrogens is 318 g/mol.